The molecule has 0 amide bonds. The molecule has 1 heterocycles. The molecule has 5 heteroatoms. The van der Waals surface area contributed by atoms with Crippen LogP contribution in [0.4, 0.5) is 0 Å². The fraction of sp³-hybridized carbons (Fsp3) is 0.154. The van der Waals surface area contributed by atoms with E-state index >= 15 is 0 Å². The summed E-state index contributed by atoms with van der Waals surface area (Å²) in [6, 6.07) is 7.16. The number of carbonyl (C=O) groups is 1. The Bertz CT molecular complexity index is 618. The number of para-hydroxylation sites is 1. The Labute approximate surface area is 104 Å². The largest absolute Gasteiger partial charge is 0.506 e. The summed E-state index contributed by atoms with van der Waals surface area (Å²) in [6.07, 6.45) is 2.67. The monoisotopic (exact) mass is 246 g/mol. The van der Waals surface area contributed by atoms with E-state index in [9.17, 15) is 9.90 Å². The summed E-state index contributed by atoms with van der Waals surface area (Å²) in [5, 5.41) is 19.5. The molecule has 1 aromatic heterocycles. The maximum Gasteiger partial charge on any atom is 0.329 e. The summed E-state index contributed by atoms with van der Waals surface area (Å²) in [4.78, 5) is 11.1. The molecule has 0 saturated carbocycles. The predicted octanol–water partition coefficient (Wildman–Crippen LogP) is 1.31. The van der Waals surface area contributed by atoms with Crippen molar-refractivity contribution in [1.82, 2.24) is 4.57 Å². The van der Waals surface area contributed by atoms with Crippen LogP contribution in [0.15, 0.2) is 43.1 Å². The first-order chi connectivity index (χ1) is 8.48. The zero-order valence-corrected chi connectivity index (χ0v) is 9.71. The van der Waals surface area contributed by atoms with Crippen LogP contribution >= 0.6 is 0 Å². The number of aromatic hydroxyl groups is 1. The Hall–Kier alpha value is -2.27. The second kappa shape index (κ2) is 4.19. The lowest BCUT2D eigenvalue weighted by molar-refractivity contribution is -0.141. The first-order valence-corrected chi connectivity index (χ1v) is 5.40. The van der Waals surface area contributed by atoms with E-state index < -0.39 is 11.5 Å². The molecule has 0 aliphatic rings. The van der Waals surface area contributed by atoms with Gasteiger partial charge in [-0.3, -0.25) is 0 Å². The predicted molar refractivity (Wildman–Crippen MR) is 68.4 cm³/mol. The van der Waals surface area contributed by atoms with Crippen molar-refractivity contribution in [2.24, 2.45) is 5.73 Å². The SMILES string of the molecule is C=CC(N)(Cn1cc(O)c2ccccc21)C(=O)O. The molecule has 0 bridgehead atoms. The first kappa shape index (κ1) is 12.2. The second-order valence-electron chi connectivity index (χ2n) is 4.21. The molecule has 0 aliphatic carbocycles. The van der Waals surface area contributed by atoms with Crippen molar-refractivity contribution >= 4 is 16.9 Å². The normalized spacial score (nSPS) is 14.3. The number of hydrogen-bond acceptors (Lipinski definition) is 3. The molecule has 18 heavy (non-hydrogen) atoms. The molecular weight excluding hydrogens is 232 g/mol. The molecule has 1 unspecified atom stereocenters. The molecule has 0 radical (unpaired) electrons. The lowest BCUT2D eigenvalue weighted by Crippen LogP contribution is -2.49. The number of nitrogens with zero attached hydrogens (tertiary/aromatic N) is 1. The lowest BCUT2D eigenvalue weighted by Gasteiger charge is -2.21. The molecule has 0 fully saturated rings. The number of rotatable bonds is 4. The Morgan fingerprint density at radius 3 is 2.78 bits per heavy atom. The van der Waals surface area contributed by atoms with E-state index in [-0.39, 0.29) is 12.3 Å². The first-order valence-electron chi connectivity index (χ1n) is 5.40. The van der Waals surface area contributed by atoms with Gasteiger partial charge in [-0.25, -0.2) is 4.79 Å². The average Bonchev–Trinajstić information content (AvgIpc) is 2.66. The minimum absolute atomic E-state index is 0.00685. The van der Waals surface area contributed by atoms with Gasteiger partial charge in [-0.1, -0.05) is 18.2 Å². The van der Waals surface area contributed by atoms with Crippen molar-refractivity contribution in [3.05, 3.63) is 43.1 Å². The molecule has 2 aromatic rings. The van der Waals surface area contributed by atoms with Gasteiger partial charge in [0, 0.05) is 11.6 Å². The van der Waals surface area contributed by atoms with Crippen LogP contribution in [0.3, 0.4) is 0 Å². The number of benzene rings is 1. The van der Waals surface area contributed by atoms with Crippen LogP contribution in [-0.4, -0.2) is 26.3 Å². The van der Waals surface area contributed by atoms with E-state index in [1.807, 2.05) is 6.07 Å². The zero-order valence-electron chi connectivity index (χ0n) is 9.71. The highest BCUT2D eigenvalue weighted by Gasteiger charge is 2.31. The summed E-state index contributed by atoms with van der Waals surface area (Å²) in [6.45, 7) is 3.46. The molecule has 0 saturated heterocycles. The van der Waals surface area contributed by atoms with Crippen molar-refractivity contribution in [3.63, 3.8) is 0 Å². The topological polar surface area (TPSA) is 88.5 Å². The Balaban J connectivity index is 2.50. The van der Waals surface area contributed by atoms with Crippen LogP contribution < -0.4 is 5.73 Å². The van der Waals surface area contributed by atoms with Gasteiger partial charge in [-0.2, -0.15) is 0 Å². The minimum Gasteiger partial charge on any atom is -0.506 e. The standard InChI is InChI=1S/C13H14N2O3/c1-2-13(14,12(17)18)8-15-7-11(16)9-5-3-4-6-10(9)15/h2-7,16H,1,8,14H2,(H,17,18). The van der Waals surface area contributed by atoms with E-state index in [0.717, 1.165) is 5.52 Å². The van der Waals surface area contributed by atoms with Gasteiger partial charge in [-0.15, -0.1) is 6.58 Å². The summed E-state index contributed by atoms with van der Waals surface area (Å²) >= 11 is 0. The third-order valence-corrected chi connectivity index (χ3v) is 2.96. The van der Waals surface area contributed by atoms with Gasteiger partial charge in [0.1, 0.15) is 5.75 Å². The molecule has 94 valence electrons. The number of nitrogens with two attached hydrogens (primary N) is 1. The Kier molecular flexibility index (Phi) is 2.84. The molecule has 1 atom stereocenters. The van der Waals surface area contributed by atoms with Crippen LogP contribution in [0.2, 0.25) is 0 Å². The smallest absolute Gasteiger partial charge is 0.329 e. The molecule has 5 nitrogen and oxygen atoms in total. The highest BCUT2D eigenvalue weighted by Crippen LogP contribution is 2.27. The van der Waals surface area contributed by atoms with Gasteiger partial charge < -0.3 is 20.5 Å². The van der Waals surface area contributed by atoms with Crippen LogP contribution in [0, 0.1) is 0 Å². The maximum atomic E-state index is 11.1. The number of fused-ring (bicyclic) bond motifs is 1. The highest BCUT2D eigenvalue weighted by molar-refractivity contribution is 5.87. The van der Waals surface area contributed by atoms with Crippen LogP contribution in [0.25, 0.3) is 10.9 Å². The van der Waals surface area contributed by atoms with Gasteiger partial charge in [0.25, 0.3) is 0 Å². The van der Waals surface area contributed by atoms with Crippen LogP contribution in [-0.2, 0) is 11.3 Å². The molecule has 0 spiro atoms. The van der Waals surface area contributed by atoms with E-state index in [4.69, 9.17) is 10.8 Å². The quantitative estimate of drug-likeness (QED) is 0.710. The molecule has 2 rings (SSSR count). The van der Waals surface area contributed by atoms with Gasteiger partial charge in [0.15, 0.2) is 5.54 Å². The average molecular weight is 246 g/mol. The van der Waals surface area contributed by atoms with E-state index in [1.165, 1.54) is 12.3 Å². The number of aliphatic carboxylic acids is 1. The lowest BCUT2D eigenvalue weighted by atomic mass is 10.0. The third kappa shape index (κ3) is 1.84. The summed E-state index contributed by atoms with van der Waals surface area (Å²) in [5.74, 6) is -1.06. The van der Waals surface area contributed by atoms with Gasteiger partial charge in [0.05, 0.1) is 12.1 Å². The van der Waals surface area contributed by atoms with Crippen molar-refractivity contribution in [1.29, 1.82) is 0 Å². The van der Waals surface area contributed by atoms with Crippen LogP contribution in [0.5, 0.6) is 5.75 Å². The van der Waals surface area contributed by atoms with E-state index in [2.05, 4.69) is 6.58 Å². The Morgan fingerprint density at radius 2 is 2.17 bits per heavy atom. The fourth-order valence-corrected chi connectivity index (χ4v) is 1.86. The van der Waals surface area contributed by atoms with E-state index in [0.29, 0.717) is 5.39 Å². The van der Waals surface area contributed by atoms with Crippen molar-refractivity contribution in [2.45, 2.75) is 12.1 Å². The molecule has 0 aliphatic heterocycles. The number of carboxylic acid groups (broad SMARTS) is 1. The zero-order chi connectivity index (χ0) is 13.3. The fourth-order valence-electron chi connectivity index (χ4n) is 1.86. The third-order valence-electron chi connectivity index (χ3n) is 2.96. The minimum atomic E-state index is -1.56. The summed E-state index contributed by atoms with van der Waals surface area (Å²) in [7, 11) is 0. The summed E-state index contributed by atoms with van der Waals surface area (Å²) in [5.41, 5.74) is 4.92. The summed E-state index contributed by atoms with van der Waals surface area (Å²) < 4.78 is 1.61. The number of carboxylic acids is 1. The molecule has 1 aromatic carbocycles. The van der Waals surface area contributed by atoms with Crippen molar-refractivity contribution in [3.8, 4) is 5.75 Å². The van der Waals surface area contributed by atoms with Gasteiger partial charge in [0.2, 0.25) is 0 Å². The van der Waals surface area contributed by atoms with Crippen molar-refractivity contribution < 1.29 is 15.0 Å². The number of hydrogen-bond donors (Lipinski definition) is 3. The number of aromatic nitrogens is 1. The molecular formula is C13H14N2O3. The van der Waals surface area contributed by atoms with Gasteiger partial charge in [-0.05, 0) is 12.1 Å². The second-order valence-corrected chi connectivity index (χ2v) is 4.21. The molecule has 4 N–H and O–H groups in total. The maximum absolute atomic E-state index is 11.1. The Morgan fingerprint density at radius 1 is 1.50 bits per heavy atom. The van der Waals surface area contributed by atoms with E-state index in [1.54, 1.807) is 22.8 Å². The van der Waals surface area contributed by atoms with Gasteiger partial charge >= 0.3 is 5.97 Å². The van der Waals surface area contributed by atoms with Crippen molar-refractivity contribution in [2.75, 3.05) is 0 Å². The highest BCUT2D eigenvalue weighted by atomic mass is 16.4. The van der Waals surface area contributed by atoms with Crippen LogP contribution in [0.1, 0.15) is 0 Å².